The second kappa shape index (κ2) is 5.68. The van der Waals surface area contributed by atoms with Gasteiger partial charge in [0, 0.05) is 24.5 Å². The molecule has 0 aliphatic heterocycles. The molecule has 0 spiro atoms. The van der Waals surface area contributed by atoms with Gasteiger partial charge in [-0.3, -0.25) is 14.2 Å². The van der Waals surface area contributed by atoms with E-state index < -0.39 is 15.9 Å². The molecule has 120 valence electrons. The summed E-state index contributed by atoms with van der Waals surface area (Å²) >= 11 is 0. The number of nitrogens with zero attached hydrogens (tertiary/aromatic N) is 3. The van der Waals surface area contributed by atoms with Crippen LogP contribution in [-0.4, -0.2) is 35.3 Å². The molecule has 0 aliphatic carbocycles. The molecule has 22 heavy (non-hydrogen) atoms. The van der Waals surface area contributed by atoms with E-state index in [0.717, 1.165) is 39.8 Å². The highest BCUT2D eigenvalue weighted by Gasteiger charge is 2.16. The van der Waals surface area contributed by atoms with Gasteiger partial charge in [0.1, 0.15) is 0 Å². The number of amides is 1. The van der Waals surface area contributed by atoms with Gasteiger partial charge in [-0.05, 0) is 38.3 Å². The van der Waals surface area contributed by atoms with Gasteiger partial charge in [0.05, 0.1) is 11.9 Å². The summed E-state index contributed by atoms with van der Waals surface area (Å²) in [4.78, 5) is 16.2. The lowest BCUT2D eigenvalue weighted by atomic mass is 9.99. The Kier molecular flexibility index (Phi) is 4.23. The average molecular weight is 324 g/mol. The van der Waals surface area contributed by atoms with E-state index in [1.807, 2.05) is 32.5 Å². The normalized spacial score (nSPS) is 11.9. The predicted molar refractivity (Wildman–Crippen MR) is 84.0 cm³/mol. The molecule has 8 heteroatoms. The first-order valence-corrected chi connectivity index (χ1v) is 8.79. The second-order valence-corrected chi connectivity index (χ2v) is 7.25. The molecule has 0 bridgehead atoms. The summed E-state index contributed by atoms with van der Waals surface area (Å²) in [7, 11) is -1.67. The minimum absolute atomic E-state index is 0.0985. The third-order valence-corrected chi connectivity index (χ3v) is 4.23. The van der Waals surface area contributed by atoms with Crippen molar-refractivity contribution in [3.05, 3.63) is 22.5 Å². The smallest absolute Gasteiger partial charge is 0.233 e. The van der Waals surface area contributed by atoms with Crippen LogP contribution in [0, 0.1) is 20.8 Å². The van der Waals surface area contributed by atoms with Gasteiger partial charge < -0.3 is 0 Å². The van der Waals surface area contributed by atoms with Gasteiger partial charge in [-0.15, -0.1) is 0 Å². The van der Waals surface area contributed by atoms with Gasteiger partial charge in [-0.2, -0.15) is 5.10 Å². The van der Waals surface area contributed by atoms with E-state index >= 15 is 0 Å². The number of carbonyl (C=O) groups is 1. The Balaban J connectivity index is 2.32. The number of aromatic nitrogens is 3. The highest BCUT2D eigenvalue weighted by Crippen LogP contribution is 2.25. The van der Waals surface area contributed by atoms with Crippen molar-refractivity contribution in [2.24, 2.45) is 7.05 Å². The maximum Gasteiger partial charge on any atom is 0.233 e. The predicted octanol–water partition coefficient (Wildman–Crippen LogP) is 0.902. The molecule has 0 saturated heterocycles. The summed E-state index contributed by atoms with van der Waals surface area (Å²) < 4.78 is 25.8. The van der Waals surface area contributed by atoms with Gasteiger partial charge in [0.25, 0.3) is 0 Å². The molecular weight excluding hydrogens is 304 g/mol. The van der Waals surface area contributed by atoms with Crippen LogP contribution >= 0.6 is 0 Å². The molecule has 0 radical (unpaired) electrons. The number of carbonyl (C=O) groups excluding carboxylic acids is 1. The first-order chi connectivity index (χ1) is 10.1. The summed E-state index contributed by atoms with van der Waals surface area (Å²) in [6.07, 6.45) is 1.51. The Morgan fingerprint density at radius 1 is 1.23 bits per heavy atom. The van der Waals surface area contributed by atoms with Crippen molar-refractivity contribution < 1.29 is 13.2 Å². The molecule has 0 atom stereocenters. The van der Waals surface area contributed by atoms with E-state index in [1.54, 1.807) is 4.68 Å². The van der Waals surface area contributed by atoms with Gasteiger partial charge >= 0.3 is 0 Å². The van der Waals surface area contributed by atoms with Gasteiger partial charge in [-0.1, -0.05) is 0 Å². The van der Waals surface area contributed by atoms with Crippen molar-refractivity contribution >= 4 is 27.0 Å². The molecule has 1 amide bonds. The third-order valence-electron chi connectivity index (χ3n) is 3.63. The van der Waals surface area contributed by atoms with Gasteiger partial charge in [-0.25, -0.2) is 13.4 Å². The fraction of sp³-hybridized carbons (Fsp3) is 0.500. The Morgan fingerprint density at radius 3 is 2.45 bits per heavy atom. The fourth-order valence-corrected chi connectivity index (χ4v) is 3.24. The zero-order chi connectivity index (χ0) is 16.7. The van der Waals surface area contributed by atoms with Crippen LogP contribution in [0.2, 0.25) is 0 Å². The first-order valence-electron chi connectivity index (χ1n) is 6.90. The molecule has 1 N–H and O–H groups in total. The Bertz CT molecular complexity index is 853. The Hall–Kier alpha value is -1.96. The molecule has 2 aromatic heterocycles. The molecule has 0 saturated carbocycles. The van der Waals surface area contributed by atoms with E-state index in [-0.39, 0.29) is 6.42 Å². The highest BCUT2D eigenvalue weighted by molar-refractivity contribution is 7.89. The highest BCUT2D eigenvalue weighted by atomic mass is 32.2. The molecule has 0 aromatic carbocycles. The topological polar surface area (TPSA) is 93.9 Å². The summed E-state index contributed by atoms with van der Waals surface area (Å²) in [6.45, 7) is 5.79. The van der Waals surface area contributed by atoms with E-state index in [2.05, 4.69) is 10.1 Å². The van der Waals surface area contributed by atoms with Crippen LogP contribution in [0.5, 0.6) is 0 Å². The molecular formula is C14H20N4O3S. The van der Waals surface area contributed by atoms with E-state index in [0.29, 0.717) is 6.42 Å². The second-order valence-electron chi connectivity index (χ2n) is 5.51. The van der Waals surface area contributed by atoms with E-state index in [9.17, 15) is 13.2 Å². The maximum absolute atomic E-state index is 11.7. The molecule has 2 rings (SSSR count). The molecule has 0 aliphatic rings. The monoisotopic (exact) mass is 324 g/mol. The molecule has 7 nitrogen and oxygen atoms in total. The molecule has 0 unspecified atom stereocenters. The number of pyridine rings is 1. The van der Waals surface area contributed by atoms with E-state index in [1.165, 1.54) is 0 Å². The first kappa shape index (κ1) is 16.4. The van der Waals surface area contributed by atoms with Crippen molar-refractivity contribution in [1.82, 2.24) is 19.5 Å². The molecule has 2 heterocycles. The van der Waals surface area contributed by atoms with Crippen molar-refractivity contribution in [3.8, 4) is 0 Å². The average Bonchev–Trinajstić information content (AvgIpc) is 2.61. The van der Waals surface area contributed by atoms with Crippen LogP contribution in [0.3, 0.4) is 0 Å². The minimum Gasteiger partial charge on any atom is -0.274 e. The summed E-state index contributed by atoms with van der Waals surface area (Å²) in [5, 5.41) is 5.36. The number of hydrogen-bond acceptors (Lipinski definition) is 5. The van der Waals surface area contributed by atoms with Crippen LogP contribution in [0.1, 0.15) is 28.9 Å². The quantitative estimate of drug-likeness (QED) is 0.902. The largest absolute Gasteiger partial charge is 0.274 e. The summed E-state index contributed by atoms with van der Waals surface area (Å²) in [6, 6.07) is 0. The maximum atomic E-state index is 11.7. The van der Waals surface area contributed by atoms with Crippen LogP contribution in [0.25, 0.3) is 11.0 Å². The minimum atomic E-state index is -3.51. The summed E-state index contributed by atoms with van der Waals surface area (Å²) in [5.74, 6) is -0.510. The lowest BCUT2D eigenvalue weighted by Gasteiger charge is -2.11. The number of fused-ring (bicyclic) bond motifs is 1. The number of aryl methyl sites for hydroxylation is 4. The SMILES string of the molecule is Cc1nc2c(c(C)nn2C)c(C)c1CCC(=O)NS(C)(=O)=O. The fourth-order valence-electron chi connectivity index (χ4n) is 2.73. The van der Waals surface area contributed by atoms with Crippen LogP contribution in [-0.2, 0) is 28.3 Å². The third kappa shape index (κ3) is 3.27. The zero-order valence-electron chi connectivity index (χ0n) is 13.4. The number of rotatable bonds is 4. The Labute approximate surface area is 129 Å². The summed E-state index contributed by atoms with van der Waals surface area (Å²) in [5.41, 5.74) is 4.55. The van der Waals surface area contributed by atoms with Crippen LogP contribution in [0.4, 0.5) is 0 Å². The molecule has 0 fully saturated rings. The lowest BCUT2D eigenvalue weighted by molar-refractivity contribution is -0.119. The van der Waals surface area contributed by atoms with Crippen molar-refractivity contribution in [2.45, 2.75) is 33.6 Å². The van der Waals surface area contributed by atoms with Gasteiger partial charge in [0.15, 0.2) is 5.65 Å². The van der Waals surface area contributed by atoms with Crippen molar-refractivity contribution in [3.63, 3.8) is 0 Å². The molecule has 2 aromatic rings. The standard InChI is InChI=1S/C14H20N4O3S/c1-8-11(6-7-12(19)17-22(5,20)21)9(2)15-14-13(8)10(3)16-18(14)4/h6-7H2,1-5H3,(H,17,19). The number of hydrogen-bond donors (Lipinski definition) is 1. The van der Waals surface area contributed by atoms with Crippen molar-refractivity contribution in [2.75, 3.05) is 6.26 Å². The van der Waals surface area contributed by atoms with Crippen LogP contribution in [0.15, 0.2) is 0 Å². The van der Waals surface area contributed by atoms with Crippen molar-refractivity contribution in [1.29, 1.82) is 0 Å². The zero-order valence-corrected chi connectivity index (χ0v) is 14.2. The van der Waals surface area contributed by atoms with Crippen LogP contribution < -0.4 is 4.72 Å². The van der Waals surface area contributed by atoms with E-state index in [4.69, 9.17) is 0 Å². The van der Waals surface area contributed by atoms with Gasteiger partial charge in [0.2, 0.25) is 15.9 Å². The lowest BCUT2D eigenvalue weighted by Crippen LogP contribution is -2.29. The Morgan fingerprint density at radius 2 is 1.86 bits per heavy atom. The number of sulfonamides is 1. The number of nitrogens with one attached hydrogen (secondary N) is 1.